The van der Waals surface area contributed by atoms with E-state index < -0.39 is 0 Å². The highest BCUT2D eigenvalue weighted by Gasteiger charge is 1.98. The molecule has 0 saturated carbocycles. The lowest BCUT2D eigenvalue weighted by Gasteiger charge is -1.98. The molecule has 70 valence electrons. The van der Waals surface area contributed by atoms with Gasteiger partial charge in [-0.15, -0.1) is 5.10 Å². The van der Waals surface area contributed by atoms with Crippen LogP contribution in [0, 0.1) is 0 Å². The largest absolute Gasteiger partial charge is 0.303 e. The first-order valence-corrected chi connectivity index (χ1v) is 4.02. The van der Waals surface area contributed by atoms with Crippen molar-refractivity contribution in [2.24, 2.45) is 0 Å². The number of carbonyl (C=O) groups is 1. The molecule has 2 heterocycles. The molecular formula is C8H7N5O. The molecule has 0 fully saturated rings. The molecule has 0 aliphatic carbocycles. The Morgan fingerprint density at radius 2 is 2.36 bits per heavy atom. The molecule has 0 aliphatic heterocycles. The number of rotatable bonds is 3. The van der Waals surface area contributed by atoms with Gasteiger partial charge in [-0.05, 0) is 22.6 Å². The number of aldehydes is 1. The topological polar surface area (TPSA) is 73.6 Å². The van der Waals surface area contributed by atoms with Gasteiger partial charge >= 0.3 is 0 Å². The number of hydrogen-bond donors (Lipinski definition) is 0. The van der Waals surface area contributed by atoms with E-state index in [9.17, 15) is 4.79 Å². The van der Waals surface area contributed by atoms with Gasteiger partial charge in [-0.1, -0.05) is 0 Å². The summed E-state index contributed by atoms with van der Waals surface area (Å²) < 4.78 is 1.50. The van der Waals surface area contributed by atoms with Crippen LogP contribution in [0.2, 0.25) is 0 Å². The summed E-state index contributed by atoms with van der Waals surface area (Å²) in [6, 6.07) is 3.58. The molecule has 0 unspecified atom stereocenters. The molecule has 0 aromatic carbocycles. The van der Waals surface area contributed by atoms with Gasteiger partial charge in [0.1, 0.15) is 12.6 Å². The minimum atomic E-state index is 0.329. The van der Waals surface area contributed by atoms with Gasteiger partial charge < -0.3 is 4.79 Å². The van der Waals surface area contributed by atoms with E-state index in [0.29, 0.717) is 6.42 Å². The Labute approximate surface area is 79.6 Å². The molecule has 6 nitrogen and oxygen atoms in total. The molecule has 2 aromatic heterocycles. The summed E-state index contributed by atoms with van der Waals surface area (Å²) in [4.78, 5) is 14.3. The van der Waals surface area contributed by atoms with E-state index in [2.05, 4.69) is 20.5 Å². The third kappa shape index (κ3) is 1.63. The first kappa shape index (κ1) is 8.49. The first-order valence-electron chi connectivity index (χ1n) is 4.02. The van der Waals surface area contributed by atoms with Crippen LogP contribution in [0.3, 0.4) is 0 Å². The summed E-state index contributed by atoms with van der Waals surface area (Å²) in [5, 5.41) is 10.7. The van der Waals surface area contributed by atoms with E-state index in [1.165, 1.54) is 11.0 Å². The molecule has 0 spiro atoms. The van der Waals surface area contributed by atoms with Gasteiger partial charge in [0.2, 0.25) is 0 Å². The summed E-state index contributed by atoms with van der Waals surface area (Å²) in [6.07, 6.45) is 4.25. The van der Waals surface area contributed by atoms with Crippen LogP contribution in [0.4, 0.5) is 0 Å². The fraction of sp³-hybridized carbons (Fsp3) is 0.125. The smallest absolute Gasteiger partial charge is 0.143 e. The quantitative estimate of drug-likeness (QED) is 0.625. The zero-order valence-electron chi connectivity index (χ0n) is 7.24. The van der Waals surface area contributed by atoms with Gasteiger partial charge in [0, 0.05) is 12.1 Å². The molecule has 0 atom stereocenters. The number of tetrazole rings is 1. The predicted molar refractivity (Wildman–Crippen MR) is 46.7 cm³/mol. The van der Waals surface area contributed by atoms with Crippen LogP contribution in [0.25, 0.3) is 5.69 Å². The van der Waals surface area contributed by atoms with Crippen LogP contribution in [-0.4, -0.2) is 31.5 Å². The van der Waals surface area contributed by atoms with Gasteiger partial charge in [-0.2, -0.15) is 4.68 Å². The maximum atomic E-state index is 10.2. The molecule has 0 saturated heterocycles. The predicted octanol–water partition coefficient (Wildman–Crippen LogP) is -0.201. The highest BCUT2D eigenvalue weighted by Crippen LogP contribution is 2.03. The van der Waals surface area contributed by atoms with Crippen molar-refractivity contribution < 1.29 is 4.79 Å². The van der Waals surface area contributed by atoms with Gasteiger partial charge in [-0.25, -0.2) is 0 Å². The maximum absolute atomic E-state index is 10.2. The molecule has 0 aliphatic rings. The summed E-state index contributed by atoms with van der Waals surface area (Å²) in [7, 11) is 0. The maximum Gasteiger partial charge on any atom is 0.143 e. The number of carbonyl (C=O) groups excluding carboxylic acids is 1. The molecular weight excluding hydrogens is 182 g/mol. The standard InChI is InChI=1S/C8H7N5O/c14-4-3-7-1-2-8(5-9-7)13-6-10-11-12-13/h1-2,4-6H,3H2. The number of nitrogens with zero attached hydrogens (tertiary/aromatic N) is 5. The second-order valence-electron chi connectivity index (χ2n) is 2.63. The minimum absolute atomic E-state index is 0.329. The van der Waals surface area contributed by atoms with Crippen molar-refractivity contribution in [2.45, 2.75) is 6.42 Å². The molecule has 0 amide bonds. The second kappa shape index (κ2) is 3.73. The molecule has 6 heteroatoms. The average Bonchev–Trinajstić information content (AvgIpc) is 2.72. The number of pyridine rings is 1. The summed E-state index contributed by atoms with van der Waals surface area (Å²) in [5.74, 6) is 0. The number of hydrogen-bond acceptors (Lipinski definition) is 5. The van der Waals surface area contributed by atoms with Crippen molar-refractivity contribution in [2.75, 3.05) is 0 Å². The van der Waals surface area contributed by atoms with Crippen molar-refractivity contribution >= 4 is 6.29 Å². The molecule has 2 aromatic rings. The Morgan fingerprint density at radius 1 is 1.43 bits per heavy atom. The van der Waals surface area contributed by atoms with Crippen LogP contribution in [0.5, 0.6) is 0 Å². The molecule has 0 N–H and O–H groups in total. The normalized spacial score (nSPS) is 10.0. The highest BCUT2D eigenvalue weighted by atomic mass is 16.1. The Balaban J connectivity index is 2.26. The monoisotopic (exact) mass is 189 g/mol. The molecule has 14 heavy (non-hydrogen) atoms. The summed E-state index contributed by atoms with van der Waals surface area (Å²) in [5.41, 5.74) is 1.50. The van der Waals surface area contributed by atoms with Crippen molar-refractivity contribution in [1.29, 1.82) is 0 Å². The lowest BCUT2D eigenvalue weighted by molar-refractivity contribution is -0.107. The van der Waals surface area contributed by atoms with E-state index in [1.807, 2.05) is 6.07 Å². The first-order chi connectivity index (χ1) is 6.90. The fourth-order valence-corrected chi connectivity index (χ4v) is 1.04. The van der Waals surface area contributed by atoms with Gasteiger partial charge in [0.25, 0.3) is 0 Å². The fourth-order valence-electron chi connectivity index (χ4n) is 1.04. The van der Waals surface area contributed by atoms with E-state index >= 15 is 0 Å². The SMILES string of the molecule is O=CCc1ccc(-n2cnnn2)cn1. The van der Waals surface area contributed by atoms with Crippen LogP contribution >= 0.6 is 0 Å². The molecule has 2 rings (SSSR count). The van der Waals surface area contributed by atoms with Gasteiger partial charge in [0.05, 0.1) is 11.9 Å². The van der Waals surface area contributed by atoms with Crippen LogP contribution in [0.15, 0.2) is 24.7 Å². The second-order valence-corrected chi connectivity index (χ2v) is 2.63. The zero-order valence-corrected chi connectivity index (χ0v) is 7.24. The van der Waals surface area contributed by atoms with Crippen molar-refractivity contribution in [3.63, 3.8) is 0 Å². The Hall–Kier alpha value is -2.11. The van der Waals surface area contributed by atoms with Crippen molar-refractivity contribution in [3.8, 4) is 5.69 Å². The van der Waals surface area contributed by atoms with Gasteiger partial charge in [0.15, 0.2) is 0 Å². The van der Waals surface area contributed by atoms with Crippen molar-refractivity contribution in [1.82, 2.24) is 25.2 Å². The Bertz CT molecular complexity index is 408. The van der Waals surface area contributed by atoms with E-state index in [4.69, 9.17) is 0 Å². The number of aromatic nitrogens is 5. The van der Waals surface area contributed by atoms with Gasteiger partial charge in [-0.3, -0.25) is 4.98 Å². The minimum Gasteiger partial charge on any atom is -0.303 e. The third-order valence-electron chi connectivity index (χ3n) is 1.72. The van der Waals surface area contributed by atoms with Crippen LogP contribution in [0.1, 0.15) is 5.69 Å². The average molecular weight is 189 g/mol. The van der Waals surface area contributed by atoms with Crippen LogP contribution < -0.4 is 0 Å². The Morgan fingerprint density at radius 3 is 2.93 bits per heavy atom. The molecule has 0 bridgehead atoms. The summed E-state index contributed by atoms with van der Waals surface area (Å²) in [6.45, 7) is 0. The summed E-state index contributed by atoms with van der Waals surface area (Å²) >= 11 is 0. The van der Waals surface area contributed by atoms with Crippen LogP contribution in [-0.2, 0) is 11.2 Å². The van der Waals surface area contributed by atoms with E-state index in [1.54, 1.807) is 12.3 Å². The lowest BCUT2D eigenvalue weighted by atomic mass is 10.3. The lowest BCUT2D eigenvalue weighted by Crippen LogP contribution is -1.98. The third-order valence-corrected chi connectivity index (χ3v) is 1.72. The van der Waals surface area contributed by atoms with E-state index in [-0.39, 0.29) is 0 Å². The molecule has 0 radical (unpaired) electrons. The Kier molecular flexibility index (Phi) is 2.26. The highest BCUT2D eigenvalue weighted by molar-refractivity contribution is 5.53. The zero-order chi connectivity index (χ0) is 9.80. The van der Waals surface area contributed by atoms with E-state index in [0.717, 1.165) is 17.7 Å². The van der Waals surface area contributed by atoms with Crippen molar-refractivity contribution in [3.05, 3.63) is 30.4 Å².